The molecule has 2 radical (unpaired) electrons. The van der Waals surface area contributed by atoms with Crippen molar-refractivity contribution in [3.05, 3.63) is 0 Å². The molecule has 0 spiro atoms. The molecule has 42 heavy (non-hydrogen) atoms. The largest absolute Gasteiger partial charge is 0.481 e. The maximum atomic E-state index is 10.8. The van der Waals surface area contributed by atoms with E-state index in [1.165, 1.54) is 0 Å². The van der Waals surface area contributed by atoms with Crippen LogP contribution >= 0.6 is 0 Å². The molecule has 5 N–H and O–H groups in total. The van der Waals surface area contributed by atoms with E-state index in [-0.39, 0.29) is 26.2 Å². The number of ether oxygens (including phenoxy) is 6. The fourth-order valence-electron chi connectivity index (χ4n) is 3.64. The summed E-state index contributed by atoms with van der Waals surface area (Å²) < 4.78 is 32.4. The van der Waals surface area contributed by atoms with Gasteiger partial charge in [0.2, 0.25) is 0 Å². The van der Waals surface area contributed by atoms with Crippen molar-refractivity contribution in [1.29, 1.82) is 0 Å². The minimum Gasteiger partial charge on any atom is -0.481 e. The molecule has 0 aromatic heterocycles. The highest BCUT2D eigenvalue weighted by Crippen LogP contribution is 2.16. The Morgan fingerprint density at radius 3 is 1.57 bits per heavy atom. The Hall–Kier alpha value is -1.24. The average molecular weight is 610 g/mol. The van der Waals surface area contributed by atoms with Gasteiger partial charge in [-0.1, -0.05) is 13.3 Å². The quantitative estimate of drug-likeness (QED) is 0.0341. The van der Waals surface area contributed by atoms with Gasteiger partial charge in [-0.25, -0.2) is 0 Å². The van der Waals surface area contributed by atoms with Gasteiger partial charge in [0.15, 0.2) is 0 Å². The highest BCUT2D eigenvalue weighted by atomic mass is 16.6. The average Bonchev–Trinajstić information content (AvgIpc) is 2.95. The molecule has 0 amide bonds. The number of carboxylic acids is 1. The van der Waals surface area contributed by atoms with Crippen molar-refractivity contribution in [3.8, 4) is 0 Å². The van der Waals surface area contributed by atoms with Crippen LogP contribution in [0, 0.1) is 0 Å². The molecule has 0 heterocycles. The Kier molecular flexibility index (Phi) is 27.7. The summed E-state index contributed by atoms with van der Waals surface area (Å²) in [4.78, 5) is 22.6. The summed E-state index contributed by atoms with van der Waals surface area (Å²) in [5.74, 6) is -2.35. The first-order valence-corrected chi connectivity index (χ1v) is 14.5. The molecule has 0 bridgehead atoms. The fourth-order valence-corrected chi connectivity index (χ4v) is 3.64. The lowest BCUT2D eigenvalue weighted by Gasteiger charge is -2.31. The first-order valence-electron chi connectivity index (χ1n) is 14.5. The second-order valence-corrected chi connectivity index (χ2v) is 9.63. The van der Waals surface area contributed by atoms with Crippen LogP contribution in [-0.4, -0.2) is 174 Å². The minimum absolute atomic E-state index is 0.0193. The van der Waals surface area contributed by atoms with Crippen LogP contribution in [0.3, 0.4) is 0 Å². The van der Waals surface area contributed by atoms with Crippen molar-refractivity contribution >= 4 is 20.1 Å². The molecule has 0 saturated heterocycles. The monoisotopic (exact) mass is 609 g/mol. The van der Waals surface area contributed by atoms with E-state index in [0.717, 1.165) is 6.29 Å². The van der Waals surface area contributed by atoms with Gasteiger partial charge in [-0.15, -0.1) is 0 Å². The lowest BCUT2D eigenvalue weighted by molar-refractivity contribution is -0.138. The summed E-state index contributed by atoms with van der Waals surface area (Å²) in [6, 6.07) is 0. The lowest BCUT2D eigenvalue weighted by Crippen LogP contribution is -2.47. The van der Waals surface area contributed by atoms with Crippen molar-refractivity contribution in [3.63, 3.8) is 0 Å². The third-order valence-electron chi connectivity index (χ3n) is 5.95. The van der Waals surface area contributed by atoms with E-state index in [4.69, 9.17) is 41.4 Å². The van der Waals surface area contributed by atoms with Crippen LogP contribution in [0.1, 0.15) is 32.6 Å². The summed E-state index contributed by atoms with van der Waals surface area (Å²) in [5, 5.41) is 49.9. The maximum absolute atomic E-state index is 10.8. The molecular formula is C27H52BNO13. The molecule has 0 saturated carbocycles. The zero-order chi connectivity index (χ0) is 31.4. The van der Waals surface area contributed by atoms with Gasteiger partial charge in [0, 0.05) is 32.5 Å². The summed E-state index contributed by atoms with van der Waals surface area (Å²) in [6.07, 6.45) is -3.07. The fraction of sp³-hybridized carbons (Fsp3) is 0.926. The number of nitrogens with zero attached hydrogens (tertiary/aromatic N) is 1. The van der Waals surface area contributed by atoms with Gasteiger partial charge in [-0.2, -0.15) is 0 Å². The third kappa shape index (κ3) is 24.2. The molecule has 0 aliphatic carbocycles. The summed E-state index contributed by atoms with van der Waals surface area (Å²) >= 11 is 0. The van der Waals surface area contributed by atoms with Crippen LogP contribution in [0.15, 0.2) is 0 Å². The maximum Gasteiger partial charge on any atom is 0.302 e. The number of rotatable bonds is 32. The molecule has 5 atom stereocenters. The van der Waals surface area contributed by atoms with Crippen molar-refractivity contribution in [2.45, 2.75) is 62.8 Å². The van der Waals surface area contributed by atoms with Gasteiger partial charge in [0.05, 0.1) is 112 Å². The molecular weight excluding hydrogens is 557 g/mol. The van der Waals surface area contributed by atoms with Crippen molar-refractivity contribution < 1.29 is 63.5 Å². The van der Waals surface area contributed by atoms with E-state index in [1.54, 1.807) is 4.90 Å². The first kappa shape index (κ1) is 40.8. The van der Waals surface area contributed by atoms with E-state index in [0.29, 0.717) is 91.9 Å². The van der Waals surface area contributed by atoms with Crippen molar-refractivity contribution in [2.24, 2.45) is 0 Å². The molecule has 0 aromatic rings. The molecule has 0 aliphatic rings. The lowest BCUT2D eigenvalue weighted by atomic mass is 9.77. The molecule has 14 nitrogen and oxygen atoms in total. The summed E-state index contributed by atoms with van der Waals surface area (Å²) in [6.45, 7) is 6.75. The standard InChI is InChI=1S/C27H52BNO13/c1-2-4-23(31)24(32)20-29(21-25(33)27(36)22(28)19-26(34)35)5-8-38-10-12-40-14-16-42-18-17-41-15-13-39-11-9-37-7-3-6-30/h6,22-25,27,31-33,36H,2-5,7-21H2,1H3,(H,34,35). The molecule has 5 unspecified atom stereocenters. The van der Waals surface area contributed by atoms with Crippen molar-refractivity contribution in [2.75, 3.05) is 98.9 Å². The number of hydrogen-bond acceptors (Lipinski definition) is 13. The first-order chi connectivity index (χ1) is 20.2. The number of hydrogen-bond donors (Lipinski definition) is 5. The SMILES string of the molecule is [B]C(CC(=O)O)C(O)C(O)CN(CCOCCOCCOCCOCCOCCOCCC=O)CC(O)C(O)CCC. The van der Waals surface area contributed by atoms with Gasteiger partial charge < -0.3 is 58.7 Å². The Balaban J connectivity index is 4.00. The molecule has 0 aliphatic heterocycles. The van der Waals surface area contributed by atoms with E-state index >= 15 is 0 Å². The Morgan fingerprint density at radius 2 is 1.14 bits per heavy atom. The zero-order valence-corrected chi connectivity index (χ0v) is 24.9. The number of aliphatic hydroxyl groups is 4. The van der Waals surface area contributed by atoms with Gasteiger partial charge in [0.1, 0.15) is 6.29 Å². The summed E-state index contributed by atoms with van der Waals surface area (Å²) in [7, 11) is 5.67. The number of aliphatic carboxylic acids is 1. The number of aliphatic hydroxyl groups excluding tert-OH is 4. The second kappa shape index (κ2) is 28.5. The van der Waals surface area contributed by atoms with Crippen LogP contribution in [0.4, 0.5) is 0 Å². The molecule has 0 aromatic carbocycles. The van der Waals surface area contributed by atoms with Crippen LogP contribution < -0.4 is 0 Å². The predicted octanol–water partition coefficient (Wildman–Crippen LogP) is -1.35. The molecule has 15 heteroatoms. The highest BCUT2D eigenvalue weighted by Gasteiger charge is 2.27. The molecule has 246 valence electrons. The smallest absolute Gasteiger partial charge is 0.302 e. The van der Waals surface area contributed by atoms with Crippen LogP contribution in [0.5, 0.6) is 0 Å². The normalized spacial score (nSPS) is 15.4. The Bertz CT molecular complexity index is 637. The minimum atomic E-state index is -1.48. The van der Waals surface area contributed by atoms with Gasteiger partial charge in [-0.3, -0.25) is 9.69 Å². The van der Waals surface area contributed by atoms with E-state index < -0.39 is 42.6 Å². The predicted molar refractivity (Wildman–Crippen MR) is 153 cm³/mol. The van der Waals surface area contributed by atoms with Crippen LogP contribution in [0.25, 0.3) is 0 Å². The van der Waals surface area contributed by atoms with E-state index in [2.05, 4.69) is 0 Å². The van der Waals surface area contributed by atoms with E-state index in [9.17, 15) is 30.0 Å². The number of carbonyl (C=O) groups excluding carboxylic acids is 1. The number of aldehydes is 1. The van der Waals surface area contributed by atoms with Gasteiger partial charge >= 0.3 is 5.97 Å². The molecule has 0 fully saturated rings. The van der Waals surface area contributed by atoms with Crippen LogP contribution in [0.2, 0.25) is 5.82 Å². The van der Waals surface area contributed by atoms with Gasteiger partial charge in [-0.05, 0) is 12.2 Å². The van der Waals surface area contributed by atoms with Crippen LogP contribution in [-0.2, 0) is 38.0 Å². The zero-order valence-electron chi connectivity index (χ0n) is 24.9. The highest BCUT2D eigenvalue weighted by molar-refractivity contribution is 6.13. The third-order valence-corrected chi connectivity index (χ3v) is 5.95. The second-order valence-electron chi connectivity index (χ2n) is 9.63. The van der Waals surface area contributed by atoms with Gasteiger partial charge in [0.25, 0.3) is 0 Å². The van der Waals surface area contributed by atoms with Crippen molar-refractivity contribution in [1.82, 2.24) is 4.90 Å². The number of carboxylic acid groups (broad SMARTS) is 1. The Labute approximate surface area is 250 Å². The Morgan fingerprint density at radius 1 is 0.714 bits per heavy atom. The number of carbonyl (C=O) groups is 2. The summed E-state index contributed by atoms with van der Waals surface area (Å²) in [5.41, 5.74) is 0. The van der Waals surface area contributed by atoms with E-state index in [1.807, 2.05) is 6.92 Å². The topological polar surface area (TPSA) is 194 Å². The molecule has 0 rings (SSSR count).